The zero-order valence-corrected chi connectivity index (χ0v) is 5.29. The first kappa shape index (κ1) is 6.84. The highest BCUT2D eigenvalue weighted by molar-refractivity contribution is 5.77. The summed E-state index contributed by atoms with van der Waals surface area (Å²) in [6.07, 6.45) is 3.36. The van der Waals surface area contributed by atoms with Crippen molar-refractivity contribution in [3.8, 4) is 0 Å². The van der Waals surface area contributed by atoms with Crippen molar-refractivity contribution in [1.82, 2.24) is 21.4 Å². The van der Waals surface area contributed by atoms with Crippen LogP contribution in [0.25, 0.3) is 0 Å². The molecule has 0 aromatic carbocycles. The molecule has 1 aliphatic heterocycles. The van der Waals surface area contributed by atoms with Crippen LogP contribution in [0, 0.1) is 0 Å². The summed E-state index contributed by atoms with van der Waals surface area (Å²) < 4.78 is 0. The van der Waals surface area contributed by atoms with Gasteiger partial charge < -0.3 is 5.43 Å². The molecule has 0 saturated heterocycles. The fourth-order valence-corrected chi connectivity index (χ4v) is 0.577. The van der Waals surface area contributed by atoms with Crippen LogP contribution in [0.4, 0.5) is 0 Å². The fourth-order valence-electron chi connectivity index (χ4n) is 0.577. The van der Waals surface area contributed by atoms with Gasteiger partial charge in [-0.25, -0.2) is 5.84 Å². The van der Waals surface area contributed by atoms with Gasteiger partial charge in [-0.2, -0.15) is 0 Å². The zero-order valence-electron chi connectivity index (χ0n) is 5.29. The minimum absolute atomic E-state index is 0.194. The normalized spacial score (nSPS) is 15.1. The van der Waals surface area contributed by atoms with Crippen LogP contribution in [-0.2, 0) is 4.79 Å². The molecule has 5 N–H and O–H groups in total. The van der Waals surface area contributed by atoms with Crippen LogP contribution in [0.1, 0.15) is 0 Å². The lowest BCUT2D eigenvalue weighted by atomic mass is 10.6. The van der Waals surface area contributed by atoms with Gasteiger partial charge in [-0.1, -0.05) is 0 Å². The fraction of sp³-hybridized carbons (Fsp3) is 0.250. The molecular weight excluding hydrogens is 134 g/mol. The van der Waals surface area contributed by atoms with Gasteiger partial charge >= 0.3 is 0 Å². The van der Waals surface area contributed by atoms with Crippen molar-refractivity contribution in [3.05, 3.63) is 12.4 Å². The van der Waals surface area contributed by atoms with Gasteiger partial charge in [0.05, 0.1) is 0 Å². The molecular formula is C4H9N5O. The minimum Gasteiger partial charge on any atom is -0.310 e. The predicted molar refractivity (Wildman–Crippen MR) is 34.4 cm³/mol. The second-order valence-electron chi connectivity index (χ2n) is 1.77. The summed E-state index contributed by atoms with van der Waals surface area (Å²) in [4.78, 5) is 10.6. The number of hydrogen-bond donors (Lipinski definition) is 4. The van der Waals surface area contributed by atoms with E-state index >= 15 is 0 Å². The van der Waals surface area contributed by atoms with Crippen LogP contribution < -0.4 is 22.2 Å². The first-order chi connectivity index (χ1) is 4.83. The highest BCUT2D eigenvalue weighted by atomic mass is 16.2. The van der Waals surface area contributed by atoms with Gasteiger partial charge in [0.1, 0.15) is 6.54 Å². The van der Waals surface area contributed by atoms with E-state index in [2.05, 4.69) is 11.0 Å². The highest BCUT2D eigenvalue weighted by Gasteiger charge is 2.06. The highest BCUT2D eigenvalue weighted by Crippen LogP contribution is 1.86. The third-order valence-electron chi connectivity index (χ3n) is 1.02. The second kappa shape index (κ2) is 3.04. The summed E-state index contributed by atoms with van der Waals surface area (Å²) in [5, 5.41) is 1.56. The maximum Gasteiger partial charge on any atom is 0.255 e. The molecule has 0 aromatic heterocycles. The smallest absolute Gasteiger partial charge is 0.255 e. The van der Waals surface area contributed by atoms with Gasteiger partial charge in [0.15, 0.2) is 0 Å². The molecule has 56 valence electrons. The third kappa shape index (κ3) is 1.61. The molecule has 1 heterocycles. The van der Waals surface area contributed by atoms with Crippen LogP contribution in [0.3, 0.4) is 0 Å². The van der Waals surface area contributed by atoms with E-state index in [1.165, 1.54) is 0 Å². The van der Waals surface area contributed by atoms with Crippen molar-refractivity contribution in [2.45, 2.75) is 0 Å². The number of nitrogens with two attached hydrogens (primary N) is 1. The van der Waals surface area contributed by atoms with Crippen molar-refractivity contribution in [1.29, 1.82) is 0 Å². The molecule has 1 amide bonds. The van der Waals surface area contributed by atoms with Gasteiger partial charge in [0, 0.05) is 12.4 Å². The number of nitrogens with zero attached hydrogens (tertiary/aromatic N) is 1. The summed E-state index contributed by atoms with van der Waals surface area (Å²) >= 11 is 0. The minimum atomic E-state index is -0.249. The monoisotopic (exact) mass is 143 g/mol. The molecule has 0 fully saturated rings. The molecule has 0 bridgehead atoms. The van der Waals surface area contributed by atoms with Crippen molar-refractivity contribution < 1.29 is 4.79 Å². The van der Waals surface area contributed by atoms with Gasteiger partial charge in [-0.15, -0.1) is 5.53 Å². The molecule has 10 heavy (non-hydrogen) atoms. The van der Waals surface area contributed by atoms with Gasteiger partial charge in [0.2, 0.25) is 0 Å². The molecule has 0 radical (unpaired) electrons. The average molecular weight is 143 g/mol. The molecule has 0 spiro atoms. The van der Waals surface area contributed by atoms with E-state index in [0.717, 1.165) is 0 Å². The predicted octanol–water partition coefficient (Wildman–Crippen LogP) is -2.23. The van der Waals surface area contributed by atoms with E-state index in [9.17, 15) is 4.79 Å². The Hall–Kier alpha value is -1.27. The maximum absolute atomic E-state index is 10.6. The Labute approximate surface area is 58.0 Å². The first-order valence-corrected chi connectivity index (χ1v) is 2.77. The molecule has 0 aromatic rings. The second-order valence-corrected chi connectivity index (χ2v) is 1.77. The number of hydrazine groups is 3. The van der Waals surface area contributed by atoms with E-state index in [4.69, 9.17) is 5.84 Å². The third-order valence-corrected chi connectivity index (χ3v) is 1.02. The van der Waals surface area contributed by atoms with Crippen LogP contribution in [0.5, 0.6) is 0 Å². The summed E-state index contributed by atoms with van der Waals surface area (Å²) in [6, 6.07) is 0. The Morgan fingerprint density at radius 3 is 3.10 bits per heavy atom. The zero-order chi connectivity index (χ0) is 7.40. The molecule has 6 nitrogen and oxygen atoms in total. The maximum atomic E-state index is 10.6. The number of carbonyl (C=O) groups is 1. The number of carbonyl (C=O) groups excluding carboxylic acids is 1. The van der Waals surface area contributed by atoms with Crippen LogP contribution in [0.15, 0.2) is 12.4 Å². The molecule has 1 aliphatic rings. The molecule has 6 heteroatoms. The van der Waals surface area contributed by atoms with Gasteiger partial charge in [-0.05, 0) is 0 Å². The van der Waals surface area contributed by atoms with Crippen LogP contribution >= 0.6 is 0 Å². The molecule has 0 aliphatic carbocycles. The Bertz CT molecular complexity index is 156. The first-order valence-electron chi connectivity index (χ1n) is 2.77. The summed E-state index contributed by atoms with van der Waals surface area (Å²) in [5.74, 6) is 4.60. The number of amides is 1. The lowest BCUT2D eigenvalue weighted by Gasteiger charge is -2.12. The number of hydrogen-bond acceptors (Lipinski definition) is 5. The molecule has 1 rings (SSSR count). The van der Waals surface area contributed by atoms with E-state index in [-0.39, 0.29) is 12.5 Å². The lowest BCUT2D eigenvalue weighted by Crippen LogP contribution is -2.44. The molecule has 0 atom stereocenters. The number of rotatable bonds is 2. The Balaban J connectivity index is 2.24. The Morgan fingerprint density at radius 1 is 1.80 bits per heavy atom. The standard InChI is InChI=1S/C4H9N5O/c5-7-4(10)3-9-2-1-6-8-9/h1-2,6,8H,3,5H2,(H,7,10). The SMILES string of the molecule is NNC(=O)CN1C=CNN1. The van der Waals surface area contributed by atoms with E-state index in [1.807, 2.05) is 5.43 Å². The van der Waals surface area contributed by atoms with Crippen molar-refractivity contribution >= 4 is 5.91 Å². The number of nitrogens with one attached hydrogen (secondary N) is 3. The lowest BCUT2D eigenvalue weighted by molar-refractivity contribution is -0.122. The van der Waals surface area contributed by atoms with Crippen molar-refractivity contribution in [2.75, 3.05) is 6.54 Å². The summed E-state index contributed by atoms with van der Waals surface area (Å²) in [5.41, 5.74) is 7.36. The van der Waals surface area contributed by atoms with E-state index in [1.54, 1.807) is 17.4 Å². The van der Waals surface area contributed by atoms with Gasteiger partial charge in [-0.3, -0.25) is 15.2 Å². The van der Waals surface area contributed by atoms with Crippen LogP contribution in [-0.4, -0.2) is 17.5 Å². The van der Waals surface area contributed by atoms with Crippen molar-refractivity contribution in [2.24, 2.45) is 5.84 Å². The largest absolute Gasteiger partial charge is 0.310 e. The van der Waals surface area contributed by atoms with Crippen LogP contribution in [0.2, 0.25) is 0 Å². The Kier molecular flexibility index (Phi) is 2.08. The molecule has 0 unspecified atom stereocenters. The topological polar surface area (TPSA) is 82.4 Å². The summed E-state index contributed by atoms with van der Waals surface area (Å²) in [7, 11) is 0. The Morgan fingerprint density at radius 2 is 2.60 bits per heavy atom. The molecule has 0 saturated carbocycles. The van der Waals surface area contributed by atoms with Crippen molar-refractivity contribution in [3.63, 3.8) is 0 Å². The average Bonchev–Trinajstić information content (AvgIpc) is 2.40. The van der Waals surface area contributed by atoms with E-state index < -0.39 is 0 Å². The quantitative estimate of drug-likeness (QED) is 0.200. The summed E-state index contributed by atoms with van der Waals surface area (Å²) in [6.45, 7) is 0.194. The van der Waals surface area contributed by atoms with E-state index in [0.29, 0.717) is 0 Å². The van der Waals surface area contributed by atoms with Gasteiger partial charge in [0.25, 0.3) is 5.91 Å².